The first-order chi connectivity index (χ1) is 7.86. The number of hydrogen-bond acceptors (Lipinski definition) is 6. The van der Waals surface area contributed by atoms with E-state index in [4.69, 9.17) is 15.3 Å². The lowest BCUT2D eigenvalue weighted by molar-refractivity contribution is 0.0702. The highest BCUT2D eigenvalue weighted by atomic mass is 32.2. The van der Waals surface area contributed by atoms with Gasteiger partial charge in [-0.25, -0.2) is 17.9 Å². The highest BCUT2D eigenvalue weighted by Crippen LogP contribution is 2.18. The van der Waals surface area contributed by atoms with Crippen LogP contribution in [0.4, 0.5) is 0 Å². The van der Waals surface area contributed by atoms with E-state index in [0.29, 0.717) is 0 Å². The van der Waals surface area contributed by atoms with Crippen molar-refractivity contribution in [1.82, 2.24) is 4.72 Å². The van der Waals surface area contributed by atoms with Gasteiger partial charge in [0.2, 0.25) is 10.0 Å². The number of aliphatic hydroxyl groups excluding tert-OH is 2. The predicted molar refractivity (Wildman–Crippen MR) is 59.6 cm³/mol. The molecule has 1 unspecified atom stereocenters. The molecule has 1 aromatic heterocycles. The highest BCUT2D eigenvalue weighted by molar-refractivity contribution is 7.89. The Morgan fingerprint density at radius 2 is 2.18 bits per heavy atom. The van der Waals surface area contributed by atoms with Crippen molar-refractivity contribution in [3.8, 4) is 0 Å². The van der Waals surface area contributed by atoms with Gasteiger partial charge in [-0.15, -0.1) is 11.3 Å². The fraction of sp³-hybridized carbons (Fsp3) is 0.375. The van der Waals surface area contributed by atoms with Crippen LogP contribution in [-0.2, 0) is 10.0 Å². The van der Waals surface area contributed by atoms with Gasteiger partial charge in [0.05, 0.1) is 17.6 Å². The maximum Gasteiger partial charge on any atom is 0.345 e. The number of hydrogen-bond donors (Lipinski definition) is 4. The normalized spacial score (nSPS) is 13.5. The van der Waals surface area contributed by atoms with Crippen LogP contribution in [0.1, 0.15) is 9.67 Å². The Morgan fingerprint density at radius 1 is 1.53 bits per heavy atom. The molecule has 0 bridgehead atoms. The summed E-state index contributed by atoms with van der Waals surface area (Å²) in [5.41, 5.74) is 0. The average molecular weight is 281 g/mol. The minimum absolute atomic E-state index is 0.0897. The summed E-state index contributed by atoms with van der Waals surface area (Å²) in [6.45, 7) is -0.899. The van der Waals surface area contributed by atoms with Gasteiger partial charge < -0.3 is 15.3 Å². The summed E-state index contributed by atoms with van der Waals surface area (Å²) in [4.78, 5) is 10.3. The molecule has 9 heteroatoms. The van der Waals surface area contributed by atoms with Crippen LogP contribution in [0.15, 0.2) is 16.3 Å². The van der Waals surface area contributed by atoms with Gasteiger partial charge in [-0.3, -0.25) is 0 Å². The Labute approximate surface area is 101 Å². The second-order valence-electron chi connectivity index (χ2n) is 3.14. The third-order valence-electron chi connectivity index (χ3n) is 1.82. The van der Waals surface area contributed by atoms with E-state index in [2.05, 4.69) is 4.72 Å². The summed E-state index contributed by atoms with van der Waals surface area (Å²) in [6.07, 6.45) is -1.19. The van der Waals surface area contributed by atoms with Crippen LogP contribution in [0, 0.1) is 0 Å². The molecule has 0 aliphatic rings. The average Bonchev–Trinajstić information content (AvgIpc) is 2.76. The number of carboxylic acids is 1. The van der Waals surface area contributed by atoms with Crippen molar-refractivity contribution in [3.63, 3.8) is 0 Å². The first-order valence-corrected chi connectivity index (χ1v) is 6.83. The Bertz CT molecular complexity index is 494. The molecule has 0 radical (unpaired) electrons. The van der Waals surface area contributed by atoms with Crippen LogP contribution in [0.5, 0.6) is 0 Å². The van der Waals surface area contributed by atoms with Crippen molar-refractivity contribution in [2.24, 2.45) is 0 Å². The molecule has 0 aliphatic carbocycles. The SMILES string of the molecule is O=C(O)c1cc(S(=O)(=O)NCC(O)CO)cs1. The fourth-order valence-electron chi connectivity index (χ4n) is 0.926. The zero-order chi connectivity index (χ0) is 13.1. The molecule has 17 heavy (non-hydrogen) atoms. The number of nitrogens with one attached hydrogen (secondary N) is 1. The number of aliphatic hydroxyl groups is 2. The number of rotatable bonds is 6. The predicted octanol–water partition coefficient (Wildman–Crippen LogP) is -0.922. The maximum atomic E-state index is 11.6. The quantitative estimate of drug-likeness (QED) is 0.534. The summed E-state index contributed by atoms with van der Waals surface area (Å²) in [6, 6.07) is 1.03. The van der Waals surface area contributed by atoms with Crippen LogP contribution in [-0.4, -0.2) is 49.0 Å². The van der Waals surface area contributed by atoms with Crippen molar-refractivity contribution >= 4 is 27.3 Å². The van der Waals surface area contributed by atoms with Crippen LogP contribution in [0.2, 0.25) is 0 Å². The molecular formula is C8H11NO6S2. The molecule has 0 saturated carbocycles. The minimum Gasteiger partial charge on any atom is -0.477 e. The molecule has 0 aliphatic heterocycles. The van der Waals surface area contributed by atoms with Crippen LogP contribution in [0.25, 0.3) is 0 Å². The van der Waals surface area contributed by atoms with Crippen LogP contribution < -0.4 is 4.72 Å². The Kier molecular flexibility index (Phi) is 4.60. The number of aromatic carboxylic acids is 1. The third kappa shape index (κ3) is 3.75. The minimum atomic E-state index is -3.85. The lowest BCUT2D eigenvalue weighted by Crippen LogP contribution is -2.33. The van der Waals surface area contributed by atoms with E-state index < -0.39 is 28.7 Å². The Hall–Kier alpha value is -1.00. The van der Waals surface area contributed by atoms with Gasteiger partial charge in [-0.05, 0) is 6.07 Å². The van der Waals surface area contributed by atoms with Gasteiger partial charge in [0, 0.05) is 11.9 Å². The second kappa shape index (κ2) is 5.56. The summed E-state index contributed by atoms with van der Waals surface area (Å²) in [5, 5.41) is 27.3. The summed E-state index contributed by atoms with van der Waals surface area (Å²) < 4.78 is 25.3. The molecule has 1 rings (SSSR count). The number of sulfonamides is 1. The molecule has 0 fully saturated rings. The monoisotopic (exact) mass is 281 g/mol. The summed E-state index contributed by atoms with van der Waals surface area (Å²) in [5.74, 6) is -1.20. The third-order valence-corrected chi connectivity index (χ3v) is 4.29. The van der Waals surface area contributed by atoms with Gasteiger partial charge in [0.15, 0.2) is 0 Å². The zero-order valence-electron chi connectivity index (χ0n) is 8.53. The highest BCUT2D eigenvalue weighted by Gasteiger charge is 2.19. The van der Waals surface area contributed by atoms with Crippen molar-refractivity contribution in [1.29, 1.82) is 0 Å². The summed E-state index contributed by atoms with van der Waals surface area (Å²) >= 11 is 0.794. The van der Waals surface area contributed by atoms with E-state index in [-0.39, 0.29) is 16.3 Å². The van der Waals surface area contributed by atoms with E-state index in [1.54, 1.807) is 0 Å². The largest absolute Gasteiger partial charge is 0.477 e. The first-order valence-electron chi connectivity index (χ1n) is 4.47. The lowest BCUT2D eigenvalue weighted by atomic mass is 10.4. The summed E-state index contributed by atoms with van der Waals surface area (Å²) in [7, 11) is -3.85. The number of carbonyl (C=O) groups is 1. The molecule has 0 amide bonds. The maximum absolute atomic E-state index is 11.6. The molecule has 1 heterocycles. The lowest BCUT2D eigenvalue weighted by Gasteiger charge is -2.08. The molecule has 0 aromatic carbocycles. The van der Waals surface area contributed by atoms with Gasteiger partial charge in [0.1, 0.15) is 4.88 Å². The molecule has 0 spiro atoms. The molecule has 0 saturated heterocycles. The van der Waals surface area contributed by atoms with Crippen LogP contribution >= 0.6 is 11.3 Å². The van der Waals surface area contributed by atoms with Gasteiger partial charge >= 0.3 is 5.97 Å². The van der Waals surface area contributed by atoms with E-state index in [0.717, 1.165) is 17.4 Å². The smallest absolute Gasteiger partial charge is 0.345 e. The Balaban J connectivity index is 2.79. The molecule has 7 nitrogen and oxygen atoms in total. The fourth-order valence-corrected chi connectivity index (χ4v) is 3.11. The second-order valence-corrected chi connectivity index (χ2v) is 5.82. The molecule has 96 valence electrons. The molecule has 1 atom stereocenters. The van der Waals surface area contributed by atoms with Crippen molar-refractivity contribution < 1.29 is 28.5 Å². The number of carboxylic acid groups (broad SMARTS) is 1. The standard InChI is InChI=1S/C8H11NO6S2/c10-3-5(11)2-9-17(14,15)6-1-7(8(12)13)16-4-6/h1,4-5,9-11H,2-3H2,(H,12,13). The van der Waals surface area contributed by atoms with Crippen molar-refractivity contribution in [3.05, 3.63) is 16.3 Å². The van der Waals surface area contributed by atoms with E-state index in [1.807, 2.05) is 0 Å². The van der Waals surface area contributed by atoms with E-state index in [1.165, 1.54) is 5.38 Å². The van der Waals surface area contributed by atoms with Gasteiger partial charge in [-0.2, -0.15) is 0 Å². The number of thiophene rings is 1. The van der Waals surface area contributed by atoms with E-state index in [9.17, 15) is 13.2 Å². The Morgan fingerprint density at radius 3 is 2.65 bits per heavy atom. The molecule has 4 N–H and O–H groups in total. The molecular weight excluding hydrogens is 270 g/mol. The van der Waals surface area contributed by atoms with Crippen molar-refractivity contribution in [2.75, 3.05) is 13.2 Å². The van der Waals surface area contributed by atoms with Crippen LogP contribution in [0.3, 0.4) is 0 Å². The zero-order valence-corrected chi connectivity index (χ0v) is 10.2. The molecule has 1 aromatic rings. The van der Waals surface area contributed by atoms with Gasteiger partial charge in [0.25, 0.3) is 0 Å². The first kappa shape index (κ1) is 14.1. The van der Waals surface area contributed by atoms with Crippen molar-refractivity contribution in [2.45, 2.75) is 11.0 Å². The van der Waals surface area contributed by atoms with E-state index >= 15 is 0 Å². The topological polar surface area (TPSA) is 124 Å². The van der Waals surface area contributed by atoms with Gasteiger partial charge in [-0.1, -0.05) is 0 Å².